The van der Waals surface area contributed by atoms with Crippen molar-refractivity contribution >= 4 is 35.0 Å². The summed E-state index contributed by atoms with van der Waals surface area (Å²) in [5.41, 5.74) is 0.682. The summed E-state index contributed by atoms with van der Waals surface area (Å²) in [5, 5.41) is 0. The average molecular weight is 468 g/mol. The summed E-state index contributed by atoms with van der Waals surface area (Å²) in [6.07, 6.45) is 0.0742. The second-order valence-corrected chi connectivity index (χ2v) is 8.60. The third kappa shape index (κ3) is 3.88. The van der Waals surface area contributed by atoms with Crippen molar-refractivity contribution in [2.75, 3.05) is 36.0 Å². The first kappa shape index (κ1) is 22.3. The number of rotatable bonds is 4. The minimum absolute atomic E-state index is 0.0371. The molecule has 2 atom stereocenters. The van der Waals surface area contributed by atoms with Gasteiger partial charge in [0, 0.05) is 26.2 Å². The van der Waals surface area contributed by atoms with E-state index in [9.17, 15) is 28.0 Å². The number of carbonyl (C=O) groups is 4. The van der Waals surface area contributed by atoms with E-state index in [0.717, 1.165) is 9.80 Å². The van der Waals surface area contributed by atoms with E-state index in [1.807, 2.05) is 9.80 Å². The van der Waals surface area contributed by atoms with Crippen LogP contribution in [0.25, 0.3) is 0 Å². The second kappa shape index (κ2) is 8.69. The molecule has 3 heterocycles. The average Bonchev–Trinajstić information content (AvgIpc) is 3.29. The van der Waals surface area contributed by atoms with Gasteiger partial charge in [-0.1, -0.05) is 0 Å². The summed E-state index contributed by atoms with van der Waals surface area (Å²) >= 11 is 0. The van der Waals surface area contributed by atoms with Gasteiger partial charge in [0.15, 0.2) is 0 Å². The molecule has 0 bridgehead atoms. The number of imide groups is 2. The van der Waals surface area contributed by atoms with Crippen molar-refractivity contribution in [2.24, 2.45) is 0 Å². The van der Waals surface area contributed by atoms with Crippen molar-refractivity contribution in [1.29, 1.82) is 0 Å². The Morgan fingerprint density at radius 3 is 1.21 bits per heavy atom. The first-order chi connectivity index (χ1) is 16.3. The molecular weight excluding hydrogens is 446 g/mol. The molecule has 0 unspecified atom stereocenters. The van der Waals surface area contributed by atoms with Crippen LogP contribution in [0.3, 0.4) is 0 Å². The zero-order valence-electron chi connectivity index (χ0n) is 18.2. The molecule has 3 fully saturated rings. The molecule has 3 saturated heterocycles. The zero-order chi connectivity index (χ0) is 24.0. The number of benzene rings is 2. The van der Waals surface area contributed by atoms with Gasteiger partial charge in [-0.2, -0.15) is 0 Å². The first-order valence-corrected chi connectivity index (χ1v) is 11.1. The van der Waals surface area contributed by atoms with E-state index in [2.05, 4.69) is 0 Å². The van der Waals surface area contributed by atoms with Gasteiger partial charge in [0.05, 0.1) is 36.3 Å². The lowest BCUT2D eigenvalue weighted by Gasteiger charge is -2.38. The summed E-state index contributed by atoms with van der Waals surface area (Å²) < 4.78 is 26.4. The van der Waals surface area contributed by atoms with Crippen LogP contribution in [0.4, 0.5) is 20.2 Å². The van der Waals surface area contributed by atoms with Gasteiger partial charge in [-0.3, -0.25) is 29.0 Å². The first-order valence-electron chi connectivity index (χ1n) is 11.1. The molecule has 0 saturated carbocycles. The van der Waals surface area contributed by atoms with Crippen molar-refractivity contribution in [3.63, 3.8) is 0 Å². The van der Waals surface area contributed by atoms with Crippen LogP contribution in [0.5, 0.6) is 0 Å². The van der Waals surface area contributed by atoms with Gasteiger partial charge in [-0.15, -0.1) is 0 Å². The molecule has 0 N–H and O–H groups in total. The Morgan fingerprint density at radius 1 is 0.559 bits per heavy atom. The van der Waals surface area contributed by atoms with E-state index in [1.54, 1.807) is 0 Å². The topological polar surface area (TPSA) is 81.2 Å². The lowest BCUT2D eigenvalue weighted by Crippen LogP contribution is -2.56. The highest BCUT2D eigenvalue weighted by Crippen LogP contribution is 2.29. The van der Waals surface area contributed by atoms with E-state index >= 15 is 0 Å². The fourth-order valence-corrected chi connectivity index (χ4v) is 4.89. The Hall–Kier alpha value is -3.50. The number of hydrogen-bond donors (Lipinski definition) is 0. The molecule has 8 nitrogen and oxygen atoms in total. The highest BCUT2D eigenvalue weighted by Gasteiger charge is 2.46. The summed E-state index contributed by atoms with van der Waals surface area (Å²) in [7, 11) is 0. The number of halogens is 2. The van der Waals surface area contributed by atoms with Crippen LogP contribution in [0.2, 0.25) is 0 Å². The maximum Gasteiger partial charge on any atom is 0.251 e. The molecule has 176 valence electrons. The lowest BCUT2D eigenvalue weighted by atomic mass is 10.1. The number of piperazine rings is 1. The number of carbonyl (C=O) groups excluding carboxylic acids is 4. The molecule has 2 aromatic carbocycles. The second-order valence-electron chi connectivity index (χ2n) is 8.60. The molecule has 0 aliphatic carbocycles. The van der Waals surface area contributed by atoms with Crippen molar-refractivity contribution in [2.45, 2.75) is 24.9 Å². The summed E-state index contributed by atoms with van der Waals surface area (Å²) in [5.74, 6) is -2.27. The van der Waals surface area contributed by atoms with Crippen molar-refractivity contribution in [3.05, 3.63) is 60.2 Å². The number of anilines is 2. The molecular formula is C24H22F2N4O4. The largest absolute Gasteiger partial charge is 0.289 e. The molecule has 34 heavy (non-hydrogen) atoms. The predicted octanol–water partition coefficient (Wildman–Crippen LogP) is 1.55. The number of amides is 4. The van der Waals surface area contributed by atoms with Crippen LogP contribution in [0, 0.1) is 11.6 Å². The molecule has 5 rings (SSSR count). The Kier molecular flexibility index (Phi) is 5.70. The van der Waals surface area contributed by atoms with Crippen molar-refractivity contribution in [1.82, 2.24) is 9.80 Å². The smallest absolute Gasteiger partial charge is 0.251 e. The van der Waals surface area contributed by atoms with E-state index < -0.39 is 23.7 Å². The quantitative estimate of drug-likeness (QED) is 0.634. The Labute approximate surface area is 194 Å². The molecule has 3 aliphatic rings. The predicted molar refractivity (Wildman–Crippen MR) is 118 cm³/mol. The molecule has 3 aliphatic heterocycles. The minimum Gasteiger partial charge on any atom is -0.289 e. The summed E-state index contributed by atoms with van der Waals surface area (Å²) in [4.78, 5) is 57.0. The summed E-state index contributed by atoms with van der Waals surface area (Å²) in [6.45, 7) is 1.82. The van der Waals surface area contributed by atoms with E-state index in [4.69, 9.17) is 0 Å². The van der Waals surface area contributed by atoms with Gasteiger partial charge in [-0.25, -0.2) is 18.6 Å². The van der Waals surface area contributed by atoms with Crippen LogP contribution < -0.4 is 9.80 Å². The fourth-order valence-electron chi connectivity index (χ4n) is 4.89. The van der Waals surface area contributed by atoms with Crippen molar-refractivity contribution < 1.29 is 28.0 Å². The van der Waals surface area contributed by atoms with E-state index in [1.165, 1.54) is 48.5 Å². The third-order valence-electron chi connectivity index (χ3n) is 6.65. The van der Waals surface area contributed by atoms with Crippen molar-refractivity contribution in [3.8, 4) is 0 Å². The van der Waals surface area contributed by atoms with Crippen LogP contribution in [-0.2, 0) is 19.2 Å². The standard InChI is InChI=1S/C24H22F2N4O4/c25-15-1-5-17(6-2-15)29-21(31)13-19(23(29)33)27-9-11-28(12-10-27)20-14-22(32)30(24(20)34)18-7-3-16(26)4-8-18/h1-8,19-20H,9-14H2/t19-,20+. The number of nitrogens with zero attached hydrogens (tertiary/aromatic N) is 4. The Bertz CT molecular complexity index is 1060. The normalized spacial score (nSPS) is 24.5. The van der Waals surface area contributed by atoms with Crippen LogP contribution >= 0.6 is 0 Å². The molecule has 0 radical (unpaired) electrons. The Morgan fingerprint density at radius 2 is 0.882 bits per heavy atom. The molecule has 2 aromatic rings. The maximum atomic E-state index is 13.2. The van der Waals surface area contributed by atoms with Crippen LogP contribution in [0.15, 0.2) is 48.5 Å². The molecule has 4 amide bonds. The molecule has 10 heteroatoms. The van der Waals surface area contributed by atoms with Gasteiger partial charge >= 0.3 is 0 Å². The third-order valence-corrected chi connectivity index (χ3v) is 6.65. The fraction of sp³-hybridized carbons (Fsp3) is 0.333. The summed E-state index contributed by atoms with van der Waals surface area (Å²) in [6, 6.07) is 9.21. The van der Waals surface area contributed by atoms with Gasteiger partial charge in [0.25, 0.3) is 11.8 Å². The Balaban J connectivity index is 1.23. The number of hydrogen-bond acceptors (Lipinski definition) is 6. The van der Waals surface area contributed by atoms with Gasteiger partial charge in [0.1, 0.15) is 11.6 Å². The highest BCUT2D eigenvalue weighted by atomic mass is 19.1. The molecule has 0 spiro atoms. The lowest BCUT2D eigenvalue weighted by molar-refractivity contribution is -0.126. The van der Waals surface area contributed by atoms with E-state index in [0.29, 0.717) is 37.6 Å². The maximum absolute atomic E-state index is 13.2. The zero-order valence-corrected chi connectivity index (χ0v) is 18.2. The van der Waals surface area contributed by atoms with Crippen LogP contribution in [0.1, 0.15) is 12.8 Å². The minimum atomic E-state index is -0.615. The van der Waals surface area contributed by atoms with Gasteiger partial charge in [-0.05, 0) is 48.5 Å². The van der Waals surface area contributed by atoms with Crippen LogP contribution in [-0.4, -0.2) is 71.7 Å². The van der Waals surface area contributed by atoms with Gasteiger partial charge in [0.2, 0.25) is 11.8 Å². The monoisotopic (exact) mass is 468 g/mol. The highest BCUT2D eigenvalue weighted by molar-refractivity contribution is 6.23. The SMILES string of the molecule is O=C1C[C@@H](N2CCN([C@H]3CC(=O)N(c4ccc(F)cc4)C3=O)CC2)C(=O)N1c1ccc(F)cc1. The van der Waals surface area contributed by atoms with Gasteiger partial charge < -0.3 is 0 Å². The van der Waals surface area contributed by atoms with E-state index in [-0.39, 0.29) is 36.5 Å². The molecule has 0 aromatic heterocycles.